The maximum Gasteiger partial charge on any atom is 0.213 e. The molecule has 5 rings (SSSR count). The highest BCUT2D eigenvalue weighted by molar-refractivity contribution is 5.81. The van der Waals surface area contributed by atoms with Gasteiger partial charge in [0.15, 0.2) is 0 Å². The number of aromatic nitrogens is 1. The third-order valence-electron chi connectivity index (χ3n) is 7.27. The van der Waals surface area contributed by atoms with E-state index in [4.69, 9.17) is 9.72 Å². The number of methoxy groups -OCH3 is 1. The van der Waals surface area contributed by atoms with Crippen LogP contribution < -0.4 is 4.74 Å². The highest BCUT2D eigenvalue weighted by Gasteiger charge is 2.44. The molecule has 5 heteroatoms. The van der Waals surface area contributed by atoms with Gasteiger partial charge in [-0.1, -0.05) is 66.7 Å². The Kier molecular flexibility index (Phi) is 7.02. The van der Waals surface area contributed by atoms with E-state index in [1.165, 1.54) is 11.1 Å². The number of nitrogens with zero attached hydrogens (tertiary/aromatic N) is 3. The molecule has 176 valence electrons. The van der Waals surface area contributed by atoms with E-state index in [-0.39, 0.29) is 12.1 Å². The van der Waals surface area contributed by atoms with Crippen LogP contribution in [-0.2, 0) is 17.9 Å². The molecule has 2 aromatic carbocycles. The molecule has 2 aliphatic rings. The summed E-state index contributed by atoms with van der Waals surface area (Å²) in [5, 5.41) is 0. The fraction of sp³-hybridized carbons (Fsp3) is 0.379. The Hall–Kier alpha value is -3.02. The normalized spacial score (nSPS) is 23.0. The lowest BCUT2D eigenvalue weighted by Gasteiger charge is -2.51. The van der Waals surface area contributed by atoms with Crippen molar-refractivity contribution in [1.82, 2.24) is 14.8 Å². The number of piperidine rings is 2. The average Bonchev–Trinajstić information content (AvgIpc) is 2.89. The fourth-order valence-electron chi connectivity index (χ4n) is 5.71. The predicted molar refractivity (Wildman–Crippen MR) is 133 cm³/mol. The van der Waals surface area contributed by atoms with Crippen LogP contribution in [0.15, 0.2) is 78.9 Å². The van der Waals surface area contributed by atoms with Gasteiger partial charge in [-0.05, 0) is 36.6 Å². The Bertz CT molecular complexity index is 1050. The second kappa shape index (κ2) is 10.5. The van der Waals surface area contributed by atoms with Crippen molar-refractivity contribution in [2.45, 2.75) is 56.9 Å². The second-order valence-electron chi connectivity index (χ2n) is 9.46. The standard InChI is InChI=1S/C29H33N3O2/c1-34-29-16-8-14-25(30-29)27-18-24(33)19-28-26(15-9-17-32(27)28)31(20-22-10-4-2-5-11-22)21-23-12-6-3-7-13-23/h2-8,10-14,16,26-28H,9,15,17-21H2,1H3/t26-,27+,28+/m0/s1. The summed E-state index contributed by atoms with van der Waals surface area (Å²) in [5.41, 5.74) is 3.56. The van der Waals surface area contributed by atoms with Gasteiger partial charge in [0.05, 0.1) is 18.8 Å². The molecule has 3 atom stereocenters. The number of ether oxygens (including phenoxy) is 1. The number of pyridine rings is 1. The number of Topliss-reactive ketones (excluding diaryl/α,β-unsaturated/α-hetero) is 1. The first-order chi connectivity index (χ1) is 16.7. The van der Waals surface area contributed by atoms with Crippen molar-refractivity contribution in [3.05, 3.63) is 95.7 Å². The summed E-state index contributed by atoms with van der Waals surface area (Å²) in [6.07, 6.45) is 3.37. The van der Waals surface area contributed by atoms with Gasteiger partial charge in [0, 0.05) is 44.1 Å². The molecule has 0 unspecified atom stereocenters. The van der Waals surface area contributed by atoms with Crippen LogP contribution in [0.25, 0.3) is 0 Å². The maximum atomic E-state index is 13.0. The third kappa shape index (κ3) is 5.06. The largest absolute Gasteiger partial charge is 0.481 e. The Balaban J connectivity index is 1.45. The Labute approximate surface area is 202 Å². The van der Waals surface area contributed by atoms with E-state index in [1.807, 2.05) is 18.2 Å². The van der Waals surface area contributed by atoms with Crippen molar-refractivity contribution < 1.29 is 9.53 Å². The van der Waals surface area contributed by atoms with Crippen molar-refractivity contribution in [2.75, 3.05) is 13.7 Å². The lowest BCUT2D eigenvalue weighted by Crippen LogP contribution is -2.58. The first-order valence-corrected chi connectivity index (χ1v) is 12.3. The fourth-order valence-corrected chi connectivity index (χ4v) is 5.71. The SMILES string of the molecule is COc1cccc([C@H]2CC(=O)C[C@@H]3[C@@H](N(Cc4ccccc4)Cc4ccccc4)CCCN23)n1. The van der Waals surface area contributed by atoms with Crippen LogP contribution in [-0.4, -0.2) is 46.3 Å². The van der Waals surface area contributed by atoms with Gasteiger partial charge in [0.25, 0.3) is 0 Å². The molecule has 0 aliphatic carbocycles. The van der Waals surface area contributed by atoms with Crippen molar-refractivity contribution in [3.63, 3.8) is 0 Å². The van der Waals surface area contributed by atoms with Gasteiger partial charge in [-0.25, -0.2) is 4.98 Å². The maximum absolute atomic E-state index is 13.0. The quantitative estimate of drug-likeness (QED) is 0.500. The van der Waals surface area contributed by atoms with E-state index in [1.54, 1.807) is 7.11 Å². The molecule has 0 spiro atoms. The van der Waals surface area contributed by atoms with E-state index in [0.29, 0.717) is 30.5 Å². The molecule has 5 nitrogen and oxygen atoms in total. The molecule has 2 aliphatic heterocycles. The van der Waals surface area contributed by atoms with Gasteiger partial charge in [0.1, 0.15) is 5.78 Å². The molecule has 2 fully saturated rings. The van der Waals surface area contributed by atoms with Gasteiger partial charge >= 0.3 is 0 Å². The number of rotatable bonds is 7. The van der Waals surface area contributed by atoms with E-state index >= 15 is 0 Å². The number of carbonyl (C=O) groups is 1. The van der Waals surface area contributed by atoms with E-state index in [0.717, 1.165) is 38.2 Å². The first kappa shape index (κ1) is 22.8. The predicted octanol–water partition coefficient (Wildman–Crippen LogP) is 5.03. The lowest BCUT2D eigenvalue weighted by molar-refractivity contribution is -0.129. The number of carbonyl (C=O) groups excluding carboxylic acids is 1. The van der Waals surface area contributed by atoms with Gasteiger partial charge in [-0.3, -0.25) is 14.6 Å². The van der Waals surface area contributed by atoms with Crippen LogP contribution in [0, 0.1) is 0 Å². The van der Waals surface area contributed by atoms with Gasteiger partial charge in [-0.15, -0.1) is 0 Å². The minimum Gasteiger partial charge on any atom is -0.481 e. The molecular weight excluding hydrogens is 422 g/mol. The summed E-state index contributed by atoms with van der Waals surface area (Å²) in [5.74, 6) is 0.942. The molecular formula is C29H33N3O2. The lowest BCUT2D eigenvalue weighted by atomic mass is 9.82. The summed E-state index contributed by atoms with van der Waals surface area (Å²) in [7, 11) is 1.64. The molecule has 0 saturated carbocycles. The van der Waals surface area contributed by atoms with E-state index in [2.05, 4.69) is 70.5 Å². The van der Waals surface area contributed by atoms with E-state index in [9.17, 15) is 4.79 Å². The molecule has 0 bridgehead atoms. The van der Waals surface area contributed by atoms with Crippen molar-refractivity contribution in [2.24, 2.45) is 0 Å². The van der Waals surface area contributed by atoms with Crippen LogP contribution >= 0.6 is 0 Å². The highest BCUT2D eigenvalue weighted by Crippen LogP contribution is 2.39. The minimum atomic E-state index is 0.0134. The summed E-state index contributed by atoms with van der Waals surface area (Å²) in [4.78, 5) is 22.9. The number of hydrogen-bond donors (Lipinski definition) is 0. The van der Waals surface area contributed by atoms with Crippen molar-refractivity contribution in [3.8, 4) is 5.88 Å². The number of fused-ring (bicyclic) bond motifs is 1. The number of benzene rings is 2. The van der Waals surface area contributed by atoms with E-state index < -0.39 is 0 Å². The zero-order chi connectivity index (χ0) is 23.3. The number of hydrogen-bond acceptors (Lipinski definition) is 5. The second-order valence-corrected chi connectivity index (χ2v) is 9.46. The van der Waals surface area contributed by atoms with Crippen LogP contribution in [0.1, 0.15) is 48.5 Å². The summed E-state index contributed by atoms with van der Waals surface area (Å²) in [6, 6.07) is 27.8. The minimum absolute atomic E-state index is 0.0134. The first-order valence-electron chi connectivity index (χ1n) is 12.3. The molecule has 1 aromatic heterocycles. The molecule has 3 aromatic rings. The van der Waals surface area contributed by atoms with Crippen LogP contribution in [0.3, 0.4) is 0 Å². The van der Waals surface area contributed by atoms with Crippen LogP contribution in [0.4, 0.5) is 0 Å². The topological polar surface area (TPSA) is 45.7 Å². The highest BCUT2D eigenvalue weighted by atomic mass is 16.5. The number of ketones is 1. The molecule has 0 N–H and O–H groups in total. The molecule has 0 amide bonds. The summed E-state index contributed by atoms with van der Waals surface area (Å²) < 4.78 is 5.38. The molecule has 2 saturated heterocycles. The zero-order valence-electron chi connectivity index (χ0n) is 19.8. The monoisotopic (exact) mass is 455 g/mol. The van der Waals surface area contributed by atoms with Gasteiger partial charge in [-0.2, -0.15) is 0 Å². The molecule has 0 radical (unpaired) electrons. The Morgan fingerprint density at radius 1 is 0.912 bits per heavy atom. The van der Waals surface area contributed by atoms with Gasteiger partial charge < -0.3 is 4.74 Å². The van der Waals surface area contributed by atoms with Gasteiger partial charge in [0.2, 0.25) is 5.88 Å². The Morgan fingerprint density at radius 2 is 1.59 bits per heavy atom. The Morgan fingerprint density at radius 3 is 2.24 bits per heavy atom. The van der Waals surface area contributed by atoms with Crippen LogP contribution in [0.2, 0.25) is 0 Å². The van der Waals surface area contributed by atoms with Crippen molar-refractivity contribution in [1.29, 1.82) is 0 Å². The molecule has 3 heterocycles. The van der Waals surface area contributed by atoms with Crippen LogP contribution in [0.5, 0.6) is 5.88 Å². The third-order valence-corrected chi connectivity index (χ3v) is 7.27. The zero-order valence-corrected chi connectivity index (χ0v) is 19.8. The summed E-state index contributed by atoms with van der Waals surface area (Å²) in [6.45, 7) is 2.75. The summed E-state index contributed by atoms with van der Waals surface area (Å²) >= 11 is 0. The van der Waals surface area contributed by atoms with Crippen molar-refractivity contribution >= 4 is 5.78 Å². The average molecular weight is 456 g/mol. The smallest absolute Gasteiger partial charge is 0.213 e. The molecule has 34 heavy (non-hydrogen) atoms.